The van der Waals surface area contributed by atoms with Crippen molar-refractivity contribution in [3.8, 4) is 0 Å². The highest BCUT2D eigenvalue weighted by atomic mass is 16.7. The van der Waals surface area contributed by atoms with Gasteiger partial charge in [0.2, 0.25) is 0 Å². The Labute approximate surface area is 96.0 Å². The minimum atomic E-state index is -0.237. The number of hydrogen-bond donors (Lipinski definition) is 1. The van der Waals surface area contributed by atoms with Crippen LogP contribution in [0.3, 0.4) is 0 Å². The van der Waals surface area contributed by atoms with Gasteiger partial charge in [0.1, 0.15) is 0 Å². The average molecular weight is 222 g/mol. The third kappa shape index (κ3) is 3.04. The summed E-state index contributed by atoms with van der Waals surface area (Å²) >= 11 is 0. The smallest absolute Gasteiger partial charge is 0.184 e. The Bertz CT molecular complexity index is 299. The quantitative estimate of drug-likeness (QED) is 0.849. The van der Waals surface area contributed by atoms with E-state index in [1.165, 1.54) is 0 Å². The highest BCUT2D eigenvalue weighted by Gasteiger charge is 2.23. The molecule has 1 saturated heterocycles. The van der Waals surface area contributed by atoms with Crippen LogP contribution < -0.4 is 0 Å². The fraction of sp³-hybridized carbons (Fsp3) is 0.538. The molecule has 0 aliphatic carbocycles. The van der Waals surface area contributed by atoms with Crippen molar-refractivity contribution < 1.29 is 14.6 Å². The Hall–Kier alpha value is -0.900. The van der Waals surface area contributed by atoms with Gasteiger partial charge in [0.25, 0.3) is 0 Å². The van der Waals surface area contributed by atoms with Crippen LogP contribution in [0.2, 0.25) is 0 Å². The van der Waals surface area contributed by atoms with E-state index in [-0.39, 0.29) is 19.0 Å². The van der Waals surface area contributed by atoms with Crippen molar-refractivity contribution in [2.45, 2.75) is 31.7 Å². The molecular weight excluding hydrogens is 204 g/mol. The lowest BCUT2D eigenvalue weighted by Crippen LogP contribution is -2.27. The fourth-order valence-corrected chi connectivity index (χ4v) is 1.90. The predicted octanol–water partition coefficient (Wildman–Crippen LogP) is 2.26. The molecule has 88 valence electrons. The molecule has 1 aliphatic rings. The molecule has 1 N–H and O–H groups in total. The summed E-state index contributed by atoms with van der Waals surface area (Å²) in [5.74, 6) is 0. The van der Waals surface area contributed by atoms with Crippen LogP contribution in [0, 0.1) is 0 Å². The number of benzene rings is 1. The van der Waals surface area contributed by atoms with Gasteiger partial charge in [-0.15, -0.1) is 0 Å². The summed E-state index contributed by atoms with van der Waals surface area (Å²) in [5, 5.41) is 8.79. The number of ether oxygens (including phenoxy) is 2. The van der Waals surface area contributed by atoms with Crippen molar-refractivity contribution in [2.75, 3.05) is 13.2 Å². The average Bonchev–Trinajstić information content (AvgIpc) is 2.38. The molecule has 16 heavy (non-hydrogen) atoms. The van der Waals surface area contributed by atoms with Crippen LogP contribution in [0.1, 0.15) is 31.1 Å². The standard InChI is InChI=1S/C13H18O3/c14-9-4-7-12-8-10-15-13(16-12)11-5-2-1-3-6-11/h1-3,5-6,12-14H,4,7-10H2/t12-,13+/m0/s1. The van der Waals surface area contributed by atoms with E-state index >= 15 is 0 Å². The van der Waals surface area contributed by atoms with Gasteiger partial charge in [-0.3, -0.25) is 0 Å². The molecule has 0 aromatic heterocycles. The normalized spacial score (nSPS) is 25.6. The third-order valence-corrected chi connectivity index (χ3v) is 2.78. The SMILES string of the molecule is OCCC[C@H]1CCO[C@@H](c2ccccc2)O1. The molecule has 0 spiro atoms. The molecule has 2 atom stereocenters. The molecule has 1 heterocycles. The Morgan fingerprint density at radius 3 is 2.81 bits per heavy atom. The zero-order valence-corrected chi connectivity index (χ0v) is 9.34. The van der Waals surface area contributed by atoms with Crippen LogP contribution in [-0.4, -0.2) is 24.4 Å². The number of rotatable bonds is 4. The molecule has 1 fully saturated rings. The van der Waals surface area contributed by atoms with Crippen LogP contribution in [0.5, 0.6) is 0 Å². The van der Waals surface area contributed by atoms with Gasteiger partial charge < -0.3 is 14.6 Å². The first-order chi connectivity index (χ1) is 7.90. The van der Waals surface area contributed by atoms with Crippen molar-refractivity contribution >= 4 is 0 Å². The van der Waals surface area contributed by atoms with Crippen LogP contribution in [0.15, 0.2) is 30.3 Å². The van der Waals surface area contributed by atoms with E-state index < -0.39 is 0 Å². The van der Waals surface area contributed by atoms with E-state index in [4.69, 9.17) is 14.6 Å². The van der Waals surface area contributed by atoms with Crippen molar-refractivity contribution in [3.05, 3.63) is 35.9 Å². The van der Waals surface area contributed by atoms with Gasteiger partial charge >= 0.3 is 0 Å². The zero-order valence-electron chi connectivity index (χ0n) is 9.34. The maximum Gasteiger partial charge on any atom is 0.184 e. The first kappa shape index (κ1) is 11.6. The Morgan fingerprint density at radius 1 is 1.25 bits per heavy atom. The third-order valence-electron chi connectivity index (χ3n) is 2.78. The van der Waals surface area contributed by atoms with Crippen LogP contribution in [-0.2, 0) is 9.47 Å². The highest BCUT2D eigenvalue weighted by molar-refractivity contribution is 5.16. The Morgan fingerprint density at radius 2 is 2.06 bits per heavy atom. The zero-order chi connectivity index (χ0) is 11.2. The van der Waals surface area contributed by atoms with Gasteiger partial charge in [0, 0.05) is 12.2 Å². The summed E-state index contributed by atoms with van der Waals surface area (Å²) in [6, 6.07) is 9.98. The van der Waals surface area contributed by atoms with Gasteiger partial charge in [0.15, 0.2) is 6.29 Å². The van der Waals surface area contributed by atoms with E-state index in [2.05, 4.69) is 0 Å². The number of aliphatic hydroxyl groups is 1. The lowest BCUT2D eigenvalue weighted by Gasteiger charge is -2.30. The summed E-state index contributed by atoms with van der Waals surface area (Å²) < 4.78 is 11.4. The van der Waals surface area contributed by atoms with Crippen molar-refractivity contribution in [1.82, 2.24) is 0 Å². The summed E-state index contributed by atoms with van der Waals surface area (Å²) in [4.78, 5) is 0. The van der Waals surface area contributed by atoms with Crippen LogP contribution >= 0.6 is 0 Å². The Kier molecular flexibility index (Phi) is 4.34. The first-order valence-electron chi connectivity index (χ1n) is 5.83. The van der Waals surface area contributed by atoms with Gasteiger partial charge in [-0.2, -0.15) is 0 Å². The molecule has 3 nitrogen and oxygen atoms in total. The van der Waals surface area contributed by atoms with Gasteiger partial charge in [0.05, 0.1) is 12.7 Å². The monoisotopic (exact) mass is 222 g/mol. The van der Waals surface area contributed by atoms with E-state index in [0.717, 1.165) is 31.4 Å². The molecule has 0 unspecified atom stereocenters. The van der Waals surface area contributed by atoms with E-state index in [0.29, 0.717) is 0 Å². The van der Waals surface area contributed by atoms with E-state index in [1.54, 1.807) is 0 Å². The first-order valence-corrected chi connectivity index (χ1v) is 5.83. The number of hydrogen-bond acceptors (Lipinski definition) is 3. The van der Waals surface area contributed by atoms with Crippen LogP contribution in [0.25, 0.3) is 0 Å². The molecule has 1 aliphatic heterocycles. The Balaban J connectivity index is 1.91. The molecule has 1 aromatic rings. The van der Waals surface area contributed by atoms with Gasteiger partial charge in [-0.05, 0) is 19.3 Å². The molecule has 0 saturated carbocycles. The van der Waals surface area contributed by atoms with E-state index in [9.17, 15) is 0 Å². The maximum absolute atomic E-state index is 8.79. The van der Waals surface area contributed by atoms with Crippen molar-refractivity contribution in [1.29, 1.82) is 0 Å². The van der Waals surface area contributed by atoms with E-state index in [1.807, 2.05) is 30.3 Å². The van der Waals surface area contributed by atoms with Crippen molar-refractivity contribution in [2.24, 2.45) is 0 Å². The number of aliphatic hydroxyl groups excluding tert-OH is 1. The second-order valence-electron chi connectivity index (χ2n) is 4.03. The summed E-state index contributed by atoms with van der Waals surface area (Å²) in [5.41, 5.74) is 1.07. The summed E-state index contributed by atoms with van der Waals surface area (Å²) in [6.07, 6.45) is 2.60. The van der Waals surface area contributed by atoms with Gasteiger partial charge in [-0.25, -0.2) is 0 Å². The molecule has 3 heteroatoms. The molecular formula is C13H18O3. The predicted molar refractivity (Wildman–Crippen MR) is 60.9 cm³/mol. The molecule has 2 rings (SSSR count). The summed E-state index contributed by atoms with van der Waals surface area (Å²) in [6.45, 7) is 0.965. The molecule has 0 radical (unpaired) electrons. The molecule has 1 aromatic carbocycles. The van der Waals surface area contributed by atoms with Crippen LogP contribution in [0.4, 0.5) is 0 Å². The summed E-state index contributed by atoms with van der Waals surface area (Å²) in [7, 11) is 0. The lowest BCUT2D eigenvalue weighted by atomic mass is 10.1. The van der Waals surface area contributed by atoms with Gasteiger partial charge in [-0.1, -0.05) is 30.3 Å². The molecule has 0 amide bonds. The second-order valence-corrected chi connectivity index (χ2v) is 4.03. The highest BCUT2D eigenvalue weighted by Crippen LogP contribution is 2.27. The fourth-order valence-electron chi connectivity index (χ4n) is 1.90. The van der Waals surface area contributed by atoms with Crippen molar-refractivity contribution in [3.63, 3.8) is 0 Å². The molecule has 0 bridgehead atoms. The maximum atomic E-state index is 8.79. The minimum absolute atomic E-state index is 0.214. The lowest BCUT2D eigenvalue weighted by molar-refractivity contribution is -0.218. The second kappa shape index (κ2) is 5.99. The largest absolute Gasteiger partial charge is 0.396 e. The topological polar surface area (TPSA) is 38.7 Å². The minimum Gasteiger partial charge on any atom is -0.396 e.